The molecule has 90 valence electrons. The Balaban J connectivity index is 2.43. The molecule has 1 aromatic heterocycles. The number of benzene rings is 1. The lowest BCUT2D eigenvalue weighted by Crippen LogP contribution is -2.03. The summed E-state index contributed by atoms with van der Waals surface area (Å²) in [5.41, 5.74) is 0.861. The van der Waals surface area contributed by atoms with Crippen LogP contribution in [0.5, 0.6) is 0 Å². The average Bonchev–Trinajstić information content (AvgIpc) is 2.79. The summed E-state index contributed by atoms with van der Waals surface area (Å²) in [4.78, 5) is 0. The van der Waals surface area contributed by atoms with E-state index in [4.69, 9.17) is 4.42 Å². The monoisotopic (exact) mass is 298 g/mol. The Bertz CT molecular complexity index is 522. The van der Waals surface area contributed by atoms with Crippen LogP contribution in [0.3, 0.4) is 0 Å². The summed E-state index contributed by atoms with van der Waals surface area (Å²) in [6.07, 6.45) is 1.17. The zero-order valence-corrected chi connectivity index (χ0v) is 10.9. The van der Waals surface area contributed by atoms with Crippen molar-refractivity contribution in [2.75, 3.05) is 0 Å². The zero-order valence-electron chi connectivity index (χ0n) is 9.28. The van der Waals surface area contributed by atoms with Crippen LogP contribution in [-0.4, -0.2) is 5.11 Å². The summed E-state index contributed by atoms with van der Waals surface area (Å²) in [6.45, 7) is 1.92. The average molecular weight is 299 g/mol. The Morgan fingerprint density at radius 1 is 1.35 bits per heavy atom. The Hall–Kier alpha value is -1.13. The van der Waals surface area contributed by atoms with E-state index < -0.39 is 11.9 Å². The van der Waals surface area contributed by atoms with Gasteiger partial charge < -0.3 is 9.52 Å². The highest BCUT2D eigenvalue weighted by molar-refractivity contribution is 9.10. The van der Waals surface area contributed by atoms with Crippen molar-refractivity contribution < 1.29 is 13.9 Å². The predicted molar refractivity (Wildman–Crippen MR) is 66.2 cm³/mol. The van der Waals surface area contributed by atoms with Crippen LogP contribution >= 0.6 is 15.9 Å². The maximum absolute atomic E-state index is 13.6. The van der Waals surface area contributed by atoms with Crippen molar-refractivity contribution in [3.05, 3.63) is 57.7 Å². The van der Waals surface area contributed by atoms with Gasteiger partial charge in [0.25, 0.3) is 0 Å². The number of aryl methyl sites for hydroxylation is 1. The first-order valence-corrected chi connectivity index (χ1v) is 6.12. The molecule has 0 fully saturated rings. The van der Waals surface area contributed by atoms with Gasteiger partial charge in [0.05, 0.1) is 6.26 Å². The second-order valence-electron chi connectivity index (χ2n) is 3.72. The van der Waals surface area contributed by atoms with Gasteiger partial charge in [-0.3, -0.25) is 0 Å². The summed E-state index contributed by atoms with van der Waals surface area (Å²) in [7, 11) is 0. The van der Waals surface area contributed by atoms with Crippen LogP contribution < -0.4 is 0 Å². The molecule has 1 unspecified atom stereocenters. The first-order chi connectivity index (χ1) is 8.13. The number of hydrogen-bond donors (Lipinski definition) is 1. The summed E-state index contributed by atoms with van der Waals surface area (Å²) in [5.74, 6) is 0.251. The Labute approximate surface area is 107 Å². The van der Waals surface area contributed by atoms with Crippen molar-refractivity contribution in [1.82, 2.24) is 0 Å². The number of aliphatic hydroxyl groups is 1. The van der Waals surface area contributed by atoms with E-state index in [1.807, 2.05) is 6.92 Å². The van der Waals surface area contributed by atoms with Gasteiger partial charge in [-0.05, 0) is 24.3 Å². The van der Waals surface area contributed by atoms with Crippen molar-refractivity contribution in [1.29, 1.82) is 0 Å². The molecule has 1 atom stereocenters. The molecule has 17 heavy (non-hydrogen) atoms. The Morgan fingerprint density at radius 3 is 2.82 bits per heavy atom. The molecular formula is C13H12BrFO2. The van der Waals surface area contributed by atoms with Gasteiger partial charge in [-0.15, -0.1) is 0 Å². The van der Waals surface area contributed by atoms with Crippen molar-refractivity contribution in [3.63, 3.8) is 0 Å². The standard InChI is InChI=1S/C13H12BrFO2/c1-2-12-9(5-6-17-12)13(16)10-7-8(14)3-4-11(10)15/h3-7,13,16H,2H2,1H3. The molecule has 1 N–H and O–H groups in total. The third-order valence-electron chi connectivity index (χ3n) is 2.65. The molecule has 4 heteroatoms. The fourth-order valence-corrected chi connectivity index (χ4v) is 2.15. The number of hydrogen-bond acceptors (Lipinski definition) is 2. The van der Waals surface area contributed by atoms with Gasteiger partial charge >= 0.3 is 0 Å². The molecule has 2 nitrogen and oxygen atoms in total. The van der Waals surface area contributed by atoms with E-state index in [9.17, 15) is 9.50 Å². The molecule has 2 aromatic rings. The summed E-state index contributed by atoms with van der Waals surface area (Å²) in [6, 6.07) is 6.17. The quantitative estimate of drug-likeness (QED) is 0.934. The summed E-state index contributed by atoms with van der Waals surface area (Å²) in [5, 5.41) is 10.2. The minimum atomic E-state index is -0.999. The minimum Gasteiger partial charge on any atom is -0.469 e. The van der Waals surface area contributed by atoms with Crippen LogP contribution in [0.4, 0.5) is 4.39 Å². The Kier molecular flexibility index (Phi) is 3.64. The van der Waals surface area contributed by atoms with Gasteiger partial charge in [-0.25, -0.2) is 4.39 Å². The van der Waals surface area contributed by atoms with Gasteiger partial charge in [0.15, 0.2) is 0 Å². The maximum atomic E-state index is 13.6. The molecule has 0 amide bonds. The van der Waals surface area contributed by atoms with Gasteiger partial charge in [0.1, 0.15) is 17.7 Å². The second-order valence-corrected chi connectivity index (χ2v) is 4.64. The van der Waals surface area contributed by atoms with E-state index >= 15 is 0 Å². The highest BCUT2D eigenvalue weighted by atomic mass is 79.9. The van der Waals surface area contributed by atoms with Crippen LogP contribution in [0, 0.1) is 5.82 Å². The molecule has 0 aliphatic carbocycles. The predicted octanol–water partition coefficient (Wildman–Crippen LogP) is 3.83. The summed E-state index contributed by atoms with van der Waals surface area (Å²) >= 11 is 3.26. The molecule has 1 aromatic carbocycles. The fraction of sp³-hybridized carbons (Fsp3) is 0.231. The number of aliphatic hydroxyl groups excluding tert-OH is 1. The summed E-state index contributed by atoms with van der Waals surface area (Å²) < 4.78 is 19.6. The molecule has 0 bridgehead atoms. The van der Waals surface area contributed by atoms with Crippen LogP contribution in [-0.2, 0) is 6.42 Å². The van der Waals surface area contributed by atoms with Crippen molar-refractivity contribution in [3.8, 4) is 0 Å². The van der Waals surface area contributed by atoms with Crippen LogP contribution in [0.2, 0.25) is 0 Å². The van der Waals surface area contributed by atoms with E-state index in [1.54, 1.807) is 18.2 Å². The minimum absolute atomic E-state index is 0.246. The van der Waals surface area contributed by atoms with Crippen LogP contribution in [0.1, 0.15) is 29.9 Å². The third kappa shape index (κ3) is 2.42. The van der Waals surface area contributed by atoms with Crippen molar-refractivity contribution in [2.45, 2.75) is 19.4 Å². The van der Waals surface area contributed by atoms with Crippen LogP contribution in [0.25, 0.3) is 0 Å². The van der Waals surface area contributed by atoms with Gasteiger partial charge in [0, 0.05) is 22.0 Å². The lowest BCUT2D eigenvalue weighted by molar-refractivity contribution is 0.212. The molecule has 0 aliphatic heterocycles. The molecule has 2 rings (SSSR count). The van der Waals surface area contributed by atoms with E-state index in [0.717, 1.165) is 4.47 Å². The van der Waals surface area contributed by atoms with E-state index in [0.29, 0.717) is 17.7 Å². The number of rotatable bonds is 3. The van der Waals surface area contributed by atoms with E-state index in [2.05, 4.69) is 15.9 Å². The second kappa shape index (κ2) is 5.02. The van der Waals surface area contributed by atoms with Gasteiger partial charge in [-0.1, -0.05) is 22.9 Å². The third-order valence-corrected chi connectivity index (χ3v) is 3.14. The van der Waals surface area contributed by atoms with Gasteiger partial charge in [-0.2, -0.15) is 0 Å². The largest absolute Gasteiger partial charge is 0.469 e. The highest BCUT2D eigenvalue weighted by Gasteiger charge is 2.19. The van der Waals surface area contributed by atoms with E-state index in [1.165, 1.54) is 12.3 Å². The smallest absolute Gasteiger partial charge is 0.129 e. The number of halogens is 2. The molecule has 0 radical (unpaired) electrons. The molecule has 0 saturated heterocycles. The fourth-order valence-electron chi connectivity index (χ4n) is 1.77. The molecular weight excluding hydrogens is 287 g/mol. The van der Waals surface area contributed by atoms with Crippen LogP contribution in [0.15, 0.2) is 39.4 Å². The molecule has 1 heterocycles. The van der Waals surface area contributed by atoms with Crippen molar-refractivity contribution >= 4 is 15.9 Å². The maximum Gasteiger partial charge on any atom is 0.129 e. The Morgan fingerprint density at radius 2 is 2.12 bits per heavy atom. The first-order valence-electron chi connectivity index (χ1n) is 5.32. The lowest BCUT2D eigenvalue weighted by Gasteiger charge is -2.12. The van der Waals surface area contributed by atoms with E-state index in [-0.39, 0.29) is 5.56 Å². The highest BCUT2D eigenvalue weighted by Crippen LogP contribution is 2.29. The SMILES string of the molecule is CCc1occc1C(O)c1cc(Br)ccc1F. The normalized spacial score (nSPS) is 12.7. The topological polar surface area (TPSA) is 33.4 Å². The molecule has 0 saturated carbocycles. The lowest BCUT2D eigenvalue weighted by atomic mass is 10.0. The molecule has 0 aliphatic rings. The number of furan rings is 1. The van der Waals surface area contributed by atoms with Crippen molar-refractivity contribution in [2.24, 2.45) is 0 Å². The zero-order chi connectivity index (χ0) is 12.4. The molecule has 0 spiro atoms. The first kappa shape index (κ1) is 12.3. The van der Waals surface area contributed by atoms with Gasteiger partial charge in [0.2, 0.25) is 0 Å².